The molecule has 0 fully saturated rings. The number of hydrogen-bond donors (Lipinski definition) is 1. The molecule has 0 aliphatic carbocycles. The molecule has 0 spiro atoms. The number of anilines is 1. The van der Waals surface area contributed by atoms with Gasteiger partial charge in [-0.15, -0.1) is 0 Å². The number of ether oxygens (including phenoxy) is 1. The predicted octanol–water partition coefficient (Wildman–Crippen LogP) is 2.61. The fourth-order valence-corrected chi connectivity index (χ4v) is 2.54. The van der Waals surface area contributed by atoms with Crippen LogP contribution in [0.4, 0.5) is 18.9 Å². The molecule has 0 saturated carbocycles. The van der Waals surface area contributed by atoms with Crippen LogP contribution in [-0.2, 0) is 15.5 Å². The summed E-state index contributed by atoms with van der Waals surface area (Å²) in [6, 6.07) is 4.46. The minimum atomic E-state index is -4.38. The summed E-state index contributed by atoms with van der Waals surface area (Å²) in [6.07, 6.45) is -4.38. The molecule has 1 aromatic rings. The Kier molecular flexibility index (Phi) is 5.43. The van der Waals surface area contributed by atoms with Crippen molar-refractivity contribution in [3.8, 4) is 0 Å². The summed E-state index contributed by atoms with van der Waals surface area (Å²) in [5.74, 6) is -0.0702. The second kappa shape index (κ2) is 6.40. The largest absolute Gasteiger partial charge is 0.411 e. The van der Waals surface area contributed by atoms with Crippen LogP contribution in [0.15, 0.2) is 23.1 Å². The molecule has 0 aliphatic heterocycles. The molecular weight excluding hydrogens is 291 g/mol. The van der Waals surface area contributed by atoms with Crippen LogP contribution < -0.4 is 5.73 Å². The van der Waals surface area contributed by atoms with Gasteiger partial charge in [0.1, 0.15) is 6.61 Å². The first-order valence-electron chi connectivity index (χ1n) is 4.87. The maximum atomic E-state index is 11.8. The molecule has 0 aliphatic rings. The molecule has 1 atom stereocenters. The lowest BCUT2D eigenvalue weighted by atomic mass is 10.3. The standard InChI is InChI=1S/C10H11ClF3NO2S/c11-8-2-1-7(15)5-9(8)18(16)4-3-17-6-10(12,13)14/h1-2,5H,3-4,6,15H2. The van der Waals surface area contributed by atoms with E-state index >= 15 is 0 Å². The minimum absolute atomic E-state index is 0.0702. The zero-order valence-corrected chi connectivity index (χ0v) is 10.7. The topological polar surface area (TPSA) is 52.3 Å². The van der Waals surface area contributed by atoms with Gasteiger partial charge in [-0.25, -0.2) is 0 Å². The smallest absolute Gasteiger partial charge is 0.399 e. The maximum Gasteiger partial charge on any atom is 0.411 e. The average Bonchev–Trinajstić information content (AvgIpc) is 2.26. The monoisotopic (exact) mass is 301 g/mol. The fourth-order valence-electron chi connectivity index (χ4n) is 1.13. The van der Waals surface area contributed by atoms with Gasteiger partial charge in [0, 0.05) is 5.69 Å². The van der Waals surface area contributed by atoms with E-state index < -0.39 is 23.6 Å². The highest BCUT2D eigenvalue weighted by Gasteiger charge is 2.27. The lowest BCUT2D eigenvalue weighted by Crippen LogP contribution is -2.19. The van der Waals surface area contributed by atoms with E-state index in [4.69, 9.17) is 17.3 Å². The van der Waals surface area contributed by atoms with Crippen molar-refractivity contribution in [3.05, 3.63) is 23.2 Å². The van der Waals surface area contributed by atoms with Gasteiger partial charge in [0.2, 0.25) is 0 Å². The molecule has 102 valence electrons. The fraction of sp³-hybridized carbons (Fsp3) is 0.400. The van der Waals surface area contributed by atoms with E-state index in [1.165, 1.54) is 12.1 Å². The van der Waals surface area contributed by atoms with E-state index in [9.17, 15) is 17.4 Å². The quantitative estimate of drug-likeness (QED) is 0.672. The van der Waals surface area contributed by atoms with E-state index in [1.54, 1.807) is 6.07 Å². The van der Waals surface area contributed by atoms with Crippen molar-refractivity contribution >= 4 is 28.1 Å². The van der Waals surface area contributed by atoms with Crippen LogP contribution in [0.1, 0.15) is 0 Å². The van der Waals surface area contributed by atoms with Gasteiger partial charge in [0.25, 0.3) is 0 Å². The van der Waals surface area contributed by atoms with Gasteiger partial charge >= 0.3 is 6.18 Å². The molecule has 1 unspecified atom stereocenters. The first-order valence-corrected chi connectivity index (χ1v) is 6.57. The first-order chi connectivity index (χ1) is 8.29. The Morgan fingerprint density at radius 3 is 2.67 bits per heavy atom. The molecule has 8 heteroatoms. The zero-order chi connectivity index (χ0) is 13.8. The molecule has 0 amide bonds. The van der Waals surface area contributed by atoms with Crippen molar-refractivity contribution in [2.24, 2.45) is 0 Å². The molecule has 1 aromatic carbocycles. The number of alkyl halides is 3. The van der Waals surface area contributed by atoms with Crippen molar-refractivity contribution in [2.75, 3.05) is 24.7 Å². The normalized spacial score (nSPS) is 13.6. The van der Waals surface area contributed by atoms with Crippen molar-refractivity contribution in [1.29, 1.82) is 0 Å². The summed E-state index contributed by atoms with van der Waals surface area (Å²) in [6.45, 7) is -1.62. The van der Waals surface area contributed by atoms with E-state index in [-0.39, 0.29) is 17.4 Å². The van der Waals surface area contributed by atoms with E-state index in [0.717, 1.165) is 0 Å². The number of halogens is 4. The number of nitrogens with two attached hydrogens (primary N) is 1. The van der Waals surface area contributed by atoms with Crippen LogP contribution in [0.5, 0.6) is 0 Å². The highest BCUT2D eigenvalue weighted by atomic mass is 35.5. The van der Waals surface area contributed by atoms with Crippen molar-refractivity contribution in [1.82, 2.24) is 0 Å². The van der Waals surface area contributed by atoms with Crippen molar-refractivity contribution < 1.29 is 22.1 Å². The first kappa shape index (κ1) is 15.3. The Morgan fingerprint density at radius 2 is 2.06 bits per heavy atom. The van der Waals surface area contributed by atoms with Crippen LogP contribution in [0.25, 0.3) is 0 Å². The minimum Gasteiger partial charge on any atom is -0.399 e. The lowest BCUT2D eigenvalue weighted by molar-refractivity contribution is -0.172. The molecule has 18 heavy (non-hydrogen) atoms. The Bertz CT molecular complexity index is 440. The Hall–Kier alpha value is -0.790. The Morgan fingerprint density at radius 1 is 1.39 bits per heavy atom. The third-order valence-electron chi connectivity index (χ3n) is 1.88. The van der Waals surface area contributed by atoms with Crippen LogP contribution in [0.3, 0.4) is 0 Å². The molecular formula is C10H11ClF3NO2S. The van der Waals surface area contributed by atoms with Gasteiger partial charge in [-0.1, -0.05) is 11.6 Å². The molecule has 0 aromatic heterocycles. The highest BCUT2D eigenvalue weighted by Crippen LogP contribution is 2.22. The lowest BCUT2D eigenvalue weighted by Gasteiger charge is -2.08. The van der Waals surface area contributed by atoms with Gasteiger partial charge in [-0.05, 0) is 18.2 Å². The molecule has 1 rings (SSSR count). The number of nitrogen functional groups attached to an aromatic ring is 1. The summed E-state index contributed by atoms with van der Waals surface area (Å²) in [5.41, 5.74) is 5.89. The van der Waals surface area contributed by atoms with E-state index in [2.05, 4.69) is 4.74 Å². The third kappa shape index (κ3) is 5.24. The second-order valence-corrected chi connectivity index (χ2v) is 5.35. The molecule has 3 nitrogen and oxygen atoms in total. The maximum absolute atomic E-state index is 11.8. The van der Waals surface area contributed by atoms with Gasteiger partial charge in [-0.2, -0.15) is 13.2 Å². The van der Waals surface area contributed by atoms with E-state index in [1.807, 2.05) is 0 Å². The van der Waals surface area contributed by atoms with E-state index in [0.29, 0.717) is 10.6 Å². The molecule has 0 radical (unpaired) electrons. The van der Waals surface area contributed by atoms with Crippen molar-refractivity contribution in [3.63, 3.8) is 0 Å². The average molecular weight is 302 g/mol. The number of hydrogen-bond acceptors (Lipinski definition) is 3. The second-order valence-electron chi connectivity index (χ2n) is 3.41. The Balaban J connectivity index is 2.48. The Labute approximate surface area is 110 Å². The zero-order valence-electron chi connectivity index (χ0n) is 9.17. The number of rotatable bonds is 5. The van der Waals surface area contributed by atoms with Gasteiger partial charge in [-0.3, -0.25) is 4.21 Å². The van der Waals surface area contributed by atoms with Gasteiger partial charge in [0.15, 0.2) is 0 Å². The summed E-state index contributed by atoms with van der Waals surface area (Å²) in [7, 11) is -1.54. The highest BCUT2D eigenvalue weighted by molar-refractivity contribution is 7.85. The molecule has 0 heterocycles. The molecule has 0 bridgehead atoms. The summed E-state index contributed by atoms with van der Waals surface area (Å²) in [4.78, 5) is 0.298. The number of benzene rings is 1. The summed E-state index contributed by atoms with van der Waals surface area (Å²) < 4.78 is 51.5. The van der Waals surface area contributed by atoms with Gasteiger partial charge in [0.05, 0.1) is 33.1 Å². The van der Waals surface area contributed by atoms with Crippen LogP contribution in [0.2, 0.25) is 5.02 Å². The predicted molar refractivity (Wildman–Crippen MR) is 64.0 cm³/mol. The van der Waals surface area contributed by atoms with Gasteiger partial charge < -0.3 is 10.5 Å². The molecule has 2 N–H and O–H groups in total. The van der Waals surface area contributed by atoms with Crippen LogP contribution >= 0.6 is 11.6 Å². The van der Waals surface area contributed by atoms with Crippen LogP contribution in [-0.4, -0.2) is 29.4 Å². The van der Waals surface area contributed by atoms with Crippen molar-refractivity contribution in [2.45, 2.75) is 11.1 Å². The SMILES string of the molecule is Nc1ccc(Cl)c(S(=O)CCOCC(F)(F)F)c1. The third-order valence-corrected chi connectivity index (χ3v) is 3.69. The molecule has 0 saturated heterocycles. The summed E-state index contributed by atoms with van der Waals surface area (Å²) >= 11 is 5.81. The summed E-state index contributed by atoms with van der Waals surface area (Å²) in [5, 5.41) is 0.262. The van der Waals surface area contributed by atoms with Crippen LogP contribution in [0, 0.1) is 0 Å².